The lowest BCUT2D eigenvalue weighted by Crippen LogP contribution is -2.66. The first-order chi connectivity index (χ1) is 20.8. The first-order valence-corrected chi connectivity index (χ1v) is 17.5. The number of hydrogen-bond donors (Lipinski definition) is 7. The van der Waals surface area contributed by atoms with Crippen molar-refractivity contribution >= 4 is 0 Å². The van der Waals surface area contributed by atoms with E-state index in [9.17, 15) is 35.7 Å². The van der Waals surface area contributed by atoms with Crippen LogP contribution in [0, 0.1) is 44.8 Å². The fourth-order valence-corrected chi connectivity index (χ4v) is 13.5. The molecule has 0 amide bonds. The molecule has 10 heteroatoms. The fraction of sp³-hybridized carbons (Fsp3) is 1.00. The topological polar surface area (TPSA) is 169 Å². The van der Waals surface area contributed by atoms with Crippen LogP contribution in [0.4, 0.5) is 0 Å². The highest BCUT2D eigenvalue weighted by molar-refractivity contribution is 5.34. The van der Waals surface area contributed by atoms with Crippen LogP contribution in [-0.2, 0) is 14.2 Å². The van der Waals surface area contributed by atoms with Crippen molar-refractivity contribution < 1.29 is 50.0 Å². The second-order valence-electron chi connectivity index (χ2n) is 18.1. The highest BCUT2D eigenvalue weighted by Gasteiger charge is 2.86. The molecule has 0 aromatic heterocycles. The van der Waals surface area contributed by atoms with Crippen molar-refractivity contribution in [1.29, 1.82) is 0 Å². The molecule has 7 fully saturated rings. The smallest absolute Gasteiger partial charge is 0.186 e. The maximum atomic E-state index is 12.4. The molecule has 2 aliphatic heterocycles. The standard InChI is InChI=1S/C35H58O10/c1-29(2)20-7-8-21-31(5)13-18(37)27(32(6)11-9-24(45-32)30(3,4)42)35(31,17-36)22(39)14-34(21)16-33(20,34)12-10-23(29)44-28-26(41)25(40)19(38)15-43-28/h18-28,36-42H,7-17H2,1-6H3/t18-,19+,20+,21+,22+,23-,24-,25-,26+,27-,28-,31-,32+,33+,34-,35+/m0/s1. The average Bonchev–Trinajstić information content (AvgIpc) is 3.27. The van der Waals surface area contributed by atoms with Crippen LogP contribution in [-0.4, -0.2) is 109 Å². The quantitative estimate of drug-likeness (QED) is 0.221. The summed E-state index contributed by atoms with van der Waals surface area (Å²) >= 11 is 0. The minimum Gasteiger partial charge on any atom is -0.396 e. The lowest BCUT2D eigenvalue weighted by molar-refractivity contribution is -0.304. The zero-order valence-corrected chi connectivity index (χ0v) is 28.0. The van der Waals surface area contributed by atoms with Gasteiger partial charge in [-0.15, -0.1) is 0 Å². The molecular weight excluding hydrogens is 580 g/mol. The third-order valence-electron chi connectivity index (χ3n) is 15.5. The molecule has 2 saturated heterocycles. The maximum Gasteiger partial charge on any atom is 0.186 e. The summed E-state index contributed by atoms with van der Waals surface area (Å²) in [4.78, 5) is 0. The molecule has 5 aliphatic carbocycles. The monoisotopic (exact) mass is 638 g/mol. The van der Waals surface area contributed by atoms with Crippen molar-refractivity contribution in [3.63, 3.8) is 0 Å². The number of rotatable bonds is 5. The zero-order chi connectivity index (χ0) is 32.8. The summed E-state index contributed by atoms with van der Waals surface area (Å²) in [5, 5.41) is 77.2. The summed E-state index contributed by atoms with van der Waals surface area (Å²) in [6.07, 6.45) is 0.117. The van der Waals surface area contributed by atoms with E-state index >= 15 is 0 Å². The highest BCUT2D eigenvalue weighted by atomic mass is 16.7. The highest BCUT2D eigenvalue weighted by Crippen LogP contribution is 2.89. The van der Waals surface area contributed by atoms with Gasteiger partial charge in [0.1, 0.15) is 18.3 Å². The van der Waals surface area contributed by atoms with Crippen LogP contribution in [0.25, 0.3) is 0 Å². The molecule has 7 N–H and O–H groups in total. The van der Waals surface area contributed by atoms with E-state index in [2.05, 4.69) is 20.8 Å². The second-order valence-corrected chi connectivity index (χ2v) is 18.1. The van der Waals surface area contributed by atoms with Crippen LogP contribution in [0.5, 0.6) is 0 Å². The number of aliphatic hydroxyl groups is 7. The van der Waals surface area contributed by atoms with Crippen molar-refractivity contribution in [3.05, 3.63) is 0 Å². The van der Waals surface area contributed by atoms with Gasteiger partial charge in [-0.05, 0) is 112 Å². The molecule has 7 aliphatic rings. The van der Waals surface area contributed by atoms with E-state index in [0.29, 0.717) is 31.6 Å². The van der Waals surface area contributed by atoms with Gasteiger partial charge in [0.05, 0.1) is 48.8 Å². The Morgan fingerprint density at radius 2 is 1.51 bits per heavy atom. The van der Waals surface area contributed by atoms with Crippen LogP contribution in [0.1, 0.15) is 99.3 Å². The lowest BCUT2D eigenvalue weighted by atomic mass is 9.40. The Bertz CT molecular complexity index is 1170. The predicted octanol–water partition coefficient (Wildman–Crippen LogP) is 1.87. The third-order valence-corrected chi connectivity index (χ3v) is 15.5. The van der Waals surface area contributed by atoms with Crippen molar-refractivity contribution in [2.24, 2.45) is 44.8 Å². The van der Waals surface area contributed by atoms with Crippen LogP contribution in [0.3, 0.4) is 0 Å². The predicted molar refractivity (Wildman–Crippen MR) is 163 cm³/mol. The minimum absolute atomic E-state index is 0.0232. The van der Waals surface area contributed by atoms with Crippen molar-refractivity contribution in [3.8, 4) is 0 Å². The van der Waals surface area contributed by atoms with Crippen LogP contribution in [0.2, 0.25) is 0 Å². The molecule has 0 aromatic carbocycles. The molecule has 2 spiro atoms. The fourth-order valence-electron chi connectivity index (χ4n) is 13.5. The molecule has 10 nitrogen and oxygen atoms in total. The molecule has 5 saturated carbocycles. The SMILES string of the molecule is CC(C)(O)[C@@H]1CC[C@](C)([C@@H]2[C@@H](O)C[C@@]3(C)[C@H]4CC[C@@H]5C(C)(C)[C@@H](O[C@@H]6OC[C@@H](O)[C@H](O)[C@H]6O)CC[C@@]56C[C@@]46C[C@@H](O)[C@]23CO)O1. The number of fused-ring (bicyclic) bond motifs is 2. The van der Waals surface area contributed by atoms with Crippen molar-refractivity contribution in [2.75, 3.05) is 13.2 Å². The number of ether oxygens (including phenoxy) is 3. The van der Waals surface area contributed by atoms with Gasteiger partial charge in [0, 0.05) is 11.3 Å². The normalized spacial score (nSPS) is 58.7. The van der Waals surface area contributed by atoms with Gasteiger partial charge in [0.2, 0.25) is 0 Å². The van der Waals surface area contributed by atoms with E-state index in [-0.39, 0.29) is 47.6 Å². The molecular formula is C35H58O10. The van der Waals surface area contributed by atoms with Gasteiger partial charge in [-0.2, -0.15) is 0 Å². The first-order valence-electron chi connectivity index (χ1n) is 17.5. The number of hydrogen-bond acceptors (Lipinski definition) is 10. The van der Waals surface area contributed by atoms with Gasteiger partial charge in [0.25, 0.3) is 0 Å². The minimum atomic E-state index is -1.32. The summed E-state index contributed by atoms with van der Waals surface area (Å²) in [5.41, 5.74) is -3.54. The van der Waals surface area contributed by atoms with E-state index in [1.54, 1.807) is 13.8 Å². The Morgan fingerprint density at radius 1 is 0.822 bits per heavy atom. The molecule has 0 radical (unpaired) electrons. The van der Waals surface area contributed by atoms with E-state index in [1.165, 1.54) is 0 Å². The summed E-state index contributed by atoms with van der Waals surface area (Å²) in [7, 11) is 0. The van der Waals surface area contributed by atoms with Gasteiger partial charge in [-0.1, -0.05) is 20.8 Å². The Morgan fingerprint density at radius 3 is 2.16 bits per heavy atom. The Hall–Kier alpha value is -0.400. The first kappa shape index (κ1) is 33.1. The largest absolute Gasteiger partial charge is 0.396 e. The molecule has 0 unspecified atom stereocenters. The average molecular weight is 639 g/mol. The summed E-state index contributed by atoms with van der Waals surface area (Å²) in [6, 6.07) is 0. The molecule has 2 heterocycles. The Balaban J connectivity index is 1.17. The van der Waals surface area contributed by atoms with Gasteiger partial charge >= 0.3 is 0 Å². The maximum absolute atomic E-state index is 12.4. The van der Waals surface area contributed by atoms with Gasteiger partial charge in [-0.25, -0.2) is 0 Å². The van der Waals surface area contributed by atoms with Crippen LogP contribution >= 0.6 is 0 Å². The summed E-state index contributed by atoms with van der Waals surface area (Å²) in [6.45, 7) is 11.9. The zero-order valence-electron chi connectivity index (χ0n) is 28.0. The molecule has 45 heavy (non-hydrogen) atoms. The van der Waals surface area contributed by atoms with E-state index in [0.717, 1.165) is 32.1 Å². The van der Waals surface area contributed by atoms with E-state index in [1.807, 2.05) is 6.92 Å². The number of aliphatic hydroxyl groups excluding tert-OH is 6. The van der Waals surface area contributed by atoms with Crippen molar-refractivity contribution in [1.82, 2.24) is 0 Å². The van der Waals surface area contributed by atoms with Crippen LogP contribution in [0.15, 0.2) is 0 Å². The Kier molecular flexibility index (Phi) is 7.42. The van der Waals surface area contributed by atoms with E-state index in [4.69, 9.17) is 14.2 Å². The third kappa shape index (κ3) is 4.10. The Labute approximate surface area is 267 Å². The summed E-state index contributed by atoms with van der Waals surface area (Å²) < 4.78 is 18.6. The van der Waals surface area contributed by atoms with E-state index < -0.39 is 64.8 Å². The summed E-state index contributed by atoms with van der Waals surface area (Å²) in [5.74, 6) is 0.0995. The molecule has 0 aromatic rings. The second kappa shape index (κ2) is 10.1. The van der Waals surface area contributed by atoms with Gasteiger partial charge in [-0.3, -0.25) is 0 Å². The molecule has 16 atom stereocenters. The molecule has 7 rings (SSSR count). The van der Waals surface area contributed by atoms with Crippen molar-refractivity contribution in [2.45, 2.75) is 160 Å². The molecule has 0 bridgehead atoms. The lowest BCUT2D eigenvalue weighted by Gasteiger charge is -2.65. The van der Waals surface area contributed by atoms with Gasteiger partial charge < -0.3 is 50.0 Å². The molecule has 258 valence electrons. The van der Waals surface area contributed by atoms with Gasteiger partial charge in [0.15, 0.2) is 6.29 Å². The van der Waals surface area contributed by atoms with Crippen LogP contribution < -0.4 is 0 Å².